The number of hydrogen-bond acceptors (Lipinski definition) is 4. The molecule has 0 amide bonds. The maximum absolute atomic E-state index is 12.1. The molecule has 0 saturated carbocycles. The largest absolute Gasteiger partial charge is 0.472 e. The van der Waals surface area contributed by atoms with Crippen LogP contribution in [0.3, 0.4) is 0 Å². The van der Waals surface area contributed by atoms with Gasteiger partial charge in [-0.2, -0.15) is 0 Å². The van der Waals surface area contributed by atoms with Gasteiger partial charge in [-0.3, -0.25) is 0 Å². The van der Waals surface area contributed by atoms with Gasteiger partial charge in [0.15, 0.2) is 6.73 Å². The quantitative estimate of drug-likeness (QED) is 0.472. The van der Waals surface area contributed by atoms with E-state index in [-0.39, 0.29) is 5.63 Å². The molecule has 4 rings (SSSR count). The molecule has 0 N–H and O–H groups in total. The van der Waals surface area contributed by atoms with Crippen LogP contribution in [0.15, 0.2) is 39.5 Å². The third-order valence-corrected chi connectivity index (χ3v) is 6.11. The lowest BCUT2D eigenvalue weighted by molar-refractivity contribution is 0.286. The van der Waals surface area contributed by atoms with Gasteiger partial charge in [0, 0.05) is 34.8 Å². The summed E-state index contributed by atoms with van der Waals surface area (Å²) in [4.78, 5) is 14.5. The number of rotatable bonds is 5. The molecule has 0 atom stereocenters. The van der Waals surface area contributed by atoms with E-state index in [9.17, 15) is 4.79 Å². The summed E-state index contributed by atoms with van der Waals surface area (Å²) in [5.74, 6) is 1.30. The Morgan fingerprint density at radius 3 is 2.70 bits per heavy atom. The van der Waals surface area contributed by atoms with Crippen LogP contribution in [0.4, 0.5) is 5.69 Å². The smallest absolute Gasteiger partial charge is 0.336 e. The molecule has 30 heavy (non-hydrogen) atoms. The van der Waals surface area contributed by atoms with Gasteiger partial charge >= 0.3 is 5.63 Å². The first-order valence-electron chi connectivity index (χ1n) is 11.0. The molecule has 0 fully saturated rings. The Morgan fingerprint density at radius 2 is 1.97 bits per heavy atom. The SMILES string of the molecule is CCCCc1cc(=O)oc2c(C)c3c(cc12)CN(c1c(C)cccc1C(C)C)CO3. The van der Waals surface area contributed by atoms with Gasteiger partial charge in [-0.25, -0.2) is 4.79 Å². The molecule has 4 heteroatoms. The van der Waals surface area contributed by atoms with Crippen LogP contribution in [-0.4, -0.2) is 6.73 Å². The molecule has 158 valence electrons. The molecular formula is C26H31NO3. The molecule has 0 saturated heterocycles. The molecule has 0 radical (unpaired) electrons. The van der Waals surface area contributed by atoms with Gasteiger partial charge in [-0.1, -0.05) is 45.4 Å². The minimum Gasteiger partial charge on any atom is -0.472 e. The van der Waals surface area contributed by atoms with E-state index in [4.69, 9.17) is 9.15 Å². The molecule has 1 aromatic heterocycles. The van der Waals surface area contributed by atoms with Gasteiger partial charge in [0.1, 0.15) is 11.3 Å². The summed E-state index contributed by atoms with van der Waals surface area (Å²) in [6.07, 6.45) is 3.03. The summed E-state index contributed by atoms with van der Waals surface area (Å²) in [5.41, 5.74) is 7.40. The minimum atomic E-state index is -0.282. The Labute approximate surface area is 178 Å². The fourth-order valence-corrected chi connectivity index (χ4v) is 4.58. The van der Waals surface area contributed by atoms with E-state index in [1.54, 1.807) is 6.07 Å². The molecule has 0 aliphatic carbocycles. The molecule has 2 heterocycles. The highest BCUT2D eigenvalue weighted by atomic mass is 16.5. The van der Waals surface area contributed by atoms with Crippen LogP contribution < -0.4 is 15.3 Å². The van der Waals surface area contributed by atoms with Crippen molar-refractivity contribution in [2.45, 2.75) is 66.3 Å². The Hall–Kier alpha value is -2.75. The number of nitrogens with zero attached hydrogens (tertiary/aromatic N) is 1. The zero-order chi connectivity index (χ0) is 21.4. The predicted octanol–water partition coefficient (Wildman–Crippen LogP) is 6.23. The van der Waals surface area contributed by atoms with E-state index in [1.807, 2.05) is 6.92 Å². The number of para-hydroxylation sites is 1. The van der Waals surface area contributed by atoms with Crippen molar-refractivity contribution in [2.24, 2.45) is 0 Å². The first-order chi connectivity index (χ1) is 14.4. The van der Waals surface area contributed by atoms with E-state index >= 15 is 0 Å². The maximum Gasteiger partial charge on any atom is 0.336 e. The van der Waals surface area contributed by atoms with Gasteiger partial charge in [0.25, 0.3) is 0 Å². The summed E-state index contributed by atoms with van der Waals surface area (Å²) in [6, 6.07) is 10.3. The van der Waals surface area contributed by atoms with E-state index in [0.717, 1.165) is 53.6 Å². The van der Waals surface area contributed by atoms with Gasteiger partial charge in [-0.05, 0) is 55.4 Å². The van der Waals surface area contributed by atoms with Crippen LogP contribution in [0.5, 0.6) is 5.75 Å². The van der Waals surface area contributed by atoms with E-state index < -0.39 is 0 Å². The van der Waals surface area contributed by atoms with Crippen LogP contribution in [0.25, 0.3) is 11.0 Å². The third kappa shape index (κ3) is 3.60. The Bertz CT molecular complexity index is 1140. The normalized spacial score (nSPS) is 13.6. The van der Waals surface area contributed by atoms with Crippen LogP contribution >= 0.6 is 0 Å². The summed E-state index contributed by atoms with van der Waals surface area (Å²) in [5, 5.41) is 1.04. The Morgan fingerprint density at radius 1 is 1.17 bits per heavy atom. The summed E-state index contributed by atoms with van der Waals surface area (Å²) >= 11 is 0. The lowest BCUT2D eigenvalue weighted by Gasteiger charge is -2.35. The fraction of sp³-hybridized carbons (Fsp3) is 0.423. The minimum absolute atomic E-state index is 0.282. The highest BCUT2D eigenvalue weighted by Crippen LogP contribution is 2.39. The van der Waals surface area contributed by atoms with E-state index in [2.05, 4.69) is 56.9 Å². The molecule has 1 aliphatic heterocycles. The van der Waals surface area contributed by atoms with Crippen molar-refractivity contribution in [3.63, 3.8) is 0 Å². The number of benzene rings is 2. The average molecular weight is 406 g/mol. The second kappa shape index (κ2) is 8.17. The number of hydrogen-bond donors (Lipinski definition) is 0. The molecule has 0 unspecified atom stereocenters. The van der Waals surface area contributed by atoms with Crippen LogP contribution in [-0.2, 0) is 13.0 Å². The van der Waals surface area contributed by atoms with E-state index in [0.29, 0.717) is 18.2 Å². The average Bonchev–Trinajstić information content (AvgIpc) is 2.72. The fourth-order valence-electron chi connectivity index (χ4n) is 4.58. The Balaban J connectivity index is 1.82. The van der Waals surface area contributed by atoms with Crippen LogP contribution in [0.1, 0.15) is 67.3 Å². The van der Waals surface area contributed by atoms with Gasteiger partial charge in [-0.15, -0.1) is 0 Å². The van der Waals surface area contributed by atoms with Crippen molar-refractivity contribution in [1.82, 2.24) is 0 Å². The molecule has 1 aliphatic rings. The van der Waals surface area contributed by atoms with Crippen molar-refractivity contribution in [3.05, 3.63) is 68.6 Å². The number of ether oxygens (including phenoxy) is 1. The topological polar surface area (TPSA) is 42.7 Å². The predicted molar refractivity (Wildman–Crippen MR) is 123 cm³/mol. The van der Waals surface area contributed by atoms with E-state index in [1.165, 1.54) is 16.8 Å². The number of unbranched alkanes of at least 4 members (excludes halogenated alkanes) is 1. The van der Waals surface area contributed by atoms with Gasteiger partial charge < -0.3 is 14.1 Å². The Kier molecular flexibility index (Phi) is 5.59. The zero-order valence-corrected chi connectivity index (χ0v) is 18.7. The van der Waals surface area contributed by atoms with Crippen molar-refractivity contribution in [2.75, 3.05) is 11.6 Å². The zero-order valence-electron chi connectivity index (χ0n) is 18.7. The molecular weight excluding hydrogens is 374 g/mol. The second-order valence-electron chi connectivity index (χ2n) is 8.70. The van der Waals surface area contributed by atoms with Gasteiger partial charge in [0.2, 0.25) is 0 Å². The summed E-state index contributed by atoms with van der Waals surface area (Å²) in [6.45, 7) is 12.1. The molecule has 0 spiro atoms. The molecule has 4 nitrogen and oxygen atoms in total. The van der Waals surface area contributed by atoms with Gasteiger partial charge in [0.05, 0.1) is 0 Å². The number of aryl methyl sites for hydroxylation is 3. The molecule has 3 aromatic rings. The van der Waals surface area contributed by atoms with Crippen molar-refractivity contribution < 1.29 is 9.15 Å². The number of anilines is 1. The lowest BCUT2D eigenvalue weighted by atomic mass is 9.95. The monoisotopic (exact) mass is 405 g/mol. The highest BCUT2D eigenvalue weighted by molar-refractivity contribution is 5.86. The third-order valence-electron chi connectivity index (χ3n) is 6.11. The lowest BCUT2D eigenvalue weighted by Crippen LogP contribution is -2.33. The second-order valence-corrected chi connectivity index (χ2v) is 8.70. The van der Waals surface area contributed by atoms with Crippen LogP contribution in [0.2, 0.25) is 0 Å². The van der Waals surface area contributed by atoms with Crippen molar-refractivity contribution >= 4 is 16.7 Å². The van der Waals surface area contributed by atoms with Crippen molar-refractivity contribution in [3.8, 4) is 5.75 Å². The van der Waals surface area contributed by atoms with Crippen molar-refractivity contribution in [1.29, 1.82) is 0 Å². The maximum atomic E-state index is 12.1. The summed E-state index contributed by atoms with van der Waals surface area (Å²) in [7, 11) is 0. The molecule has 0 bridgehead atoms. The number of fused-ring (bicyclic) bond motifs is 2. The molecule has 2 aromatic carbocycles. The summed E-state index contributed by atoms with van der Waals surface area (Å²) < 4.78 is 11.9. The first kappa shape index (κ1) is 20.5. The first-order valence-corrected chi connectivity index (χ1v) is 11.0. The van der Waals surface area contributed by atoms with Crippen LogP contribution in [0, 0.1) is 13.8 Å². The highest BCUT2D eigenvalue weighted by Gasteiger charge is 2.25. The standard InChI is InChI=1S/C26H31NO3/c1-6-7-10-19-13-23(28)30-26-18(5)25-20(12-22(19)26)14-27(15-29-25)24-17(4)9-8-11-21(24)16(2)3/h8-9,11-13,16H,6-7,10,14-15H2,1-5H3.